The highest BCUT2D eigenvalue weighted by Gasteiger charge is 2.17. The van der Waals surface area contributed by atoms with Crippen LogP contribution in [0.4, 0.5) is 5.69 Å². The Hall–Kier alpha value is -2.83. The summed E-state index contributed by atoms with van der Waals surface area (Å²) >= 11 is 7.76. The molecule has 0 aliphatic rings. The van der Waals surface area contributed by atoms with E-state index in [2.05, 4.69) is 10.4 Å². The summed E-state index contributed by atoms with van der Waals surface area (Å²) in [5.74, 6) is 0.565. The third-order valence-corrected chi connectivity index (χ3v) is 5.79. The Labute approximate surface area is 165 Å². The third kappa shape index (κ3) is 3.67. The van der Waals surface area contributed by atoms with E-state index >= 15 is 0 Å². The van der Waals surface area contributed by atoms with Crippen molar-refractivity contribution in [2.75, 3.05) is 12.4 Å². The Bertz CT molecular complexity index is 1120. The first kappa shape index (κ1) is 17.6. The van der Waals surface area contributed by atoms with Gasteiger partial charge in [0.2, 0.25) is 0 Å². The fraction of sp³-hybridized carbons (Fsp3) is 0.100. The van der Waals surface area contributed by atoms with Gasteiger partial charge in [-0.2, -0.15) is 5.10 Å². The number of nitrogens with one attached hydrogen (secondary N) is 1. The van der Waals surface area contributed by atoms with Crippen molar-refractivity contribution in [2.45, 2.75) is 6.54 Å². The molecule has 4 aromatic rings. The minimum absolute atomic E-state index is 0.234. The number of fused-ring (bicyclic) bond motifs is 1. The number of halogens is 1. The molecule has 0 bridgehead atoms. The largest absolute Gasteiger partial charge is 0.497 e. The number of rotatable bonds is 5. The number of carbonyl (C=O) groups is 1. The summed E-state index contributed by atoms with van der Waals surface area (Å²) < 4.78 is 7.99. The minimum Gasteiger partial charge on any atom is -0.497 e. The topological polar surface area (TPSA) is 56.1 Å². The van der Waals surface area contributed by atoms with Crippen molar-refractivity contribution in [2.24, 2.45) is 0 Å². The Morgan fingerprint density at radius 3 is 2.93 bits per heavy atom. The van der Waals surface area contributed by atoms with Gasteiger partial charge in [0.15, 0.2) is 0 Å². The fourth-order valence-corrected chi connectivity index (χ4v) is 4.23. The highest BCUT2D eigenvalue weighted by molar-refractivity contribution is 7.21. The first-order valence-corrected chi connectivity index (χ1v) is 9.47. The second-order valence-corrected chi connectivity index (χ2v) is 7.40. The van der Waals surface area contributed by atoms with Crippen LogP contribution in [-0.2, 0) is 6.54 Å². The van der Waals surface area contributed by atoms with Gasteiger partial charge in [-0.15, -0.1) is 11.3 Å². The second kappa shape index (κ2) is 7.42. The monoisotopic (exact) mass is 397 g/mol. The Kier molecular flexibility index (Phi) is 4.83. The van der Waals surface area contributed by atoms with Crippen LogP contribution in [0.3, 0.4) is 0 Å². The molecule has 7 heteroatoms. The predicted molar refractivity (Wildman–Crippen MR) is 109 cm³/mol. The van der Waals surface area contributed by atoms with E-state index in [4.69, 9.17) is 16.3 Å². The van der Waals surface area contributed by atoms with E-state index in [-0.39, 0.29) is 5.91 Å². The minimum atomic E-state index is -0.234. The van der Waals surface area contributed by atoms with Gasteiger partial charge in [0, 0.05) is 16.3 Å². The molecule has 2 aromatic carbocycles. The van der Waals surface area contributed by atoms with Gasteiger partial charge in [0.05, 0.1) is 30.6 Å². The number of hydrogen-bond donors (Lipinski definition) is 1. The van der Waals surface area contributed by atoms with Crippen molar-refractivity contribution in [3.05, 3.63) is 76.4 Å². The molecular weight excluding hydrogens is 382 g/mol. The molecule has 0 spiro atoms. The first-order valence-electron chi connectivity index (χ1n) is 8.28. The molecule has 0 atom stereocenters. The average Bonchev–Trinajstić information content (AvgIpc) is 3.26. The van der Waals surface area contributed by atoms with Crippen LogP contribution in [0.5, 0.6) is 5.75 Å². The number of benzene rings is 2. The number of anilines is 1. The molecular formula is C20H16ClN3O2S. The smallest absolute Gasteiger partial charge is 0.267 e. The van der Waals surface area contributed by atoms with Crippen LogP contribution in [0.25, 0.3) is 10.1 Å². The van der Waals surface area contributed by atoms with Crippen molar-refractivity contribution < 1.29 is 9.53 Å². The van der Waals surface area contributed by atoms with Gasteiger partial charge >= 0.3 is 0 Å². The summed E-state index contributed by atoms with van der Waals surface area (Å²) in [4.78, 5) is 13.1. The second-order valence-electron chi connectivity index (χ2n) is 5.97. The molecule has 2 aromatic heterocycles. The Balaban J connectivity index is 1.50. The number of aromatic nitrogens is 2. The molecule has 0 aliphatic heterocycles. The van der Waals surface area contributed by atoms with Crippen molar-refractivity contribution in [1.82, 2.24) is 9.78 Å². The molecule has 0 fully saturated rings. The lowest BCUT2D eigenvalue weighted by molar-refractivity contribution is 0.103. The molecule has 0 radical (unpaired) electrons. The van der Waals surface area contributed by atoms with Gasteiger partial charge in [-0.25, -0.2) is 0 Å². The fourth-order valence-electron chi connectivity index (χ4n) is 2.82. The number of thiophene rings is 1. The molecule has 0 saturated heterocycles. The lowest BCUT2D eigenvalue weighted by Gasteiger charge is -2.04. The molecule has 0 saturated carbocycles. The quantitative estimate of drug-likeness (QED) is 0.512. The van der Waals surface area contributed by atoms with Gasteiger partial charge in [0.25, 0.3) is 5.91 Å². The lowest BCUT2D eigenvalue weighted by Crippen LogP contribution is -2.10. The van der Waals surface area contributed by atoms with Crippen LogP contribution in [0, 0.1) is 0 Å². The highest BCUT2D eigenvalue weighted by Crippen LogP contribution is 2.35. The maximum absolute atomic E-state index is 12.6. The Morgan fingerprint density at radius 2 is 2.11 bits per heavy atom. The lowest BCUT2D eigenvalue weighted by atomic mass is 10.2. The maximum Gasteiger partial charge on any atom is 0.267 e. The molecule has 0 aliphatic carbocycles. The van der Waals surface area contributed by atoms with Gasteiger partial charge in [-0.05, 0) is 23.8 Å². The number of carbonyl (C=O) groups excluding carboxylic acids is 1. The van der Waals surface area contributed by atoms with Crippen LogP contribution in [0.1, 0.15) is 15.2 Å². The maximum atomic E-state index is 12.6. The number of methoxy groups -OCH3 is 1. The summed E-state index contributed by atoms with van der Waals surface area (Å²) in [6.07, 6.45) is 3.41. The molecule has 136 valence electrons. The van der Waals surface area contributed by atoms with Gasteiger partial charge in [-0.1, -0.05) is 41.9 Å². The number of nitrogens with zero attached hydrogens (tertiary/aromatic N) is 2. The average molecular weight is 398 g/mol. The van der Waals surface area contributed by atoms with Crippen LogP contribution in [0.2, 0.25) is 5.02 Å². The van der Waals surface area contributed by atoms with Crippen LogP contribution >= 0.6 is 22.9 Å². The number of hydrogen-bond acceptors (Lipinski definition) is 4. The summed E-state index contributed by atoms with van der Waals surface area (Å²) in [6, 6.07) is 15.5. The van der Waals surface area contributed by atoms with Crippen LogP contribution < -0.4 is 10.1 Å². The molecule has 5 nitrogen and oxygen atoms in total. The van der Waals surface area contributed by atoms with Crippen molar-refractivity contribution in [3.8, 4) is 5.75 Å². The summed E-state index contributed by atoms with van der Waals surface area (Å²) in [7, 11) is 1.64. The van der Waals surface area contributed by atoms with Crippen molar-refractivity contribution in [3.63, 3.8) is 0 Å². The van der Waals surface area contributed by atoms with E-state index in [1.807, 2.05) is 48.5 Å². The zero-order valence-corrected chi connectivity index (χ0v) is 16.1. The molecule has 1 amide bonds. The normalized spacial score (nSPS) is 10.9. The summed E-state index contributed by atoms with van der Waals surface area (Å²) in [5.41, 5.74) is 1.68. The standard InChI is InChI=1S/C20H16ClN3O2S/c1-26-15-6-4-5-13(9-15)11-24-12-14(10-22-24)23-20(25)19-18(21)16-7-2-3-8-17(16)27-19/h2-10,12H,11H2,1H3,(H,23,25). The number of ether oxygens (including phenoxy) is 1. The summed E-state index contributed by atoms with van der Waals surface area (Å²) in [5, 5.41) is 8.55. The molecule has 4 rings (SSSR count). The van der Waals surface area contributed by atoms with Gasteiger partial charge < -0.3 is 10.1 Å². The van der Waals surface area contributed by atoms with Gasteiger partial charge in [-0.3, -0.25) is 9.48 Å². The highest BCUT2D eigenvalue weighted by atomic mass is 35.5. The van der Waals surface area contributed by atoms with Crippen LogP contribution in [0.15, 0.2) is 60.9 Å². The SMILES string of the molecule is COc1cccc(Cn2cc(NC(=O)c3sc4ccccc4c3Cl)cn2)c1. The molecule has 0 unspecified atom stereocenters. The van der Waals surface area contributed by atoms with Crippen molar-refractivity contribution >= 4 is 44.6 Å². The molecule has 27 heavy (non-hydrogen) atoms. The van der Waals surface area contributed by atoms with E-state index in [9.17, 15) is 4.79 Å². The zero-order chi connectivity index (χ0) is 18.8. The van der Waals surface area contributed by atoms with E-state index < -0.39 is 0 Å². The van der Waals surface area contributed by atoms with Crippen LogP contribution in [-0.4, -0.2) is 22.8 Å². The molecule has 2 heterocycles. The number of amides is 1. The third-order valence-electron chi connectivity index (χ3n) is 4.11. The van der Waals surface area contributed by atoms with E-state index in [1.165, 1.54) is 11.3 Å². The zero-order valence-electron chi connectivity index (χ0n) is 14.5. The Morgan fingerprint density at radius 1 is 1.26 bits per heavy atom. The van der Waals surface area contributed by atoms with Crippen molar-refractivity contribution in [1.29, 1.82) is 0 Å². The van der Waals surface area contributed by atoms with E-state index in [1.54, 1.807) is 24.2 Å². The first-order chi connectivity index (χ1) is 13.1. The van der Waals surface area contributed by atoms with E-state index in [0.29, 0.717) is 22.1 Å². The van der Waals surface area contributed by atoms with E-state index in [0.717, 1.165) is 21.4 Å². The van der Waals surface area contributed by atoms with Gasteiger partial charge in [0.1, 0.15) is 10.6 Å². The summed E-state index contributed by atoms with van der Waals surface area (Å²) in [6.45, 7) is 0.580. The predicted octanol–water partition coefficient (Wildman–Crippen LogP) is 5.06. The molecule has 1 N–H and O–H groups in total.